The summed E-state index contributed by atoms with van der Waals surface area (Å²) in [4.78, 5) is 11.9. The second-order valence-corrected chi connectivity index (χ2v) is 5.66. The van der Waals surface area contributed by atoms with Crippen LogP contribution >= 0.6 is 0 Å². The first-order valence-electron chi connectivity index (χ1n) is 6.59. The van der Waals surface area contributed by atoms with Crippen molar-refractivity contribution in [3.63, 3.8) is 0 Å². The van der Waals surface area contributed by atoms with Crippen LogP contribution in [0, 0.1) is 35.0 Å². The standard InChI is InChI=1S/C14H11F5O2/c15-8-7(9(16)11(18)12(19)10(8)17)13(20)21-14-3-1-6(5-14)2-4-14/h6H,1-5H2. The summed E-state index contributed by atoms with van der Waals surface area (Å²) in [6.45, 7) is 0. The molecule has 7 heteroatoms. The van der Waals surface area contributed by atoms with Crippen molar-refractivity contribution in [2.45, 2.75) is 37.7 Å². The van der Waals surface area contributed by atoms with Crippen molar-refractivity contribution in [1.29, 1.82) is 0 Å². The highest BCUT2D eigenvalue weighted by atomic mass is 19.2. The van der Waals surface area contributed by atoms with Gasteiger partial charge >= 0.3 is 5.97 Å². The quantitative estimate of drug-likeness (QED) is 0.359. The summed E-state index contributed by atoms with van der Waals surface area (Å²) < 4.78 is 71.3. The van der Waals surface area contributed by atoms with E-state index < -0.39 is 46.2 Å². The van der Waals surface area contributed by atoms with Crippen LogP contribution in [0.5, 0.6) is 0 Å². The minimum Gasteiger partial charge on any atom is -0.455 e. The molecule has 114 valence electrons. The van der Waals surface area contributed by atoms with Crippen molar-refractivity contribution in [3.05, 3.63) is 34.6 Å². The Bertz CT molecular complexity index is 591. The number of rotatable bonds is 2. The molecule has 0 spiro atoms. The van der Waals surface area contributed by atoms with Gasteiger partial charge in [0.15, 0.2) is 23.3 Å². The van der Waals surface area contributed by atoms with Crippen molar-refractivity contribution in [2.24, 2.45) is 5.92 Å². The van der Waals surface area contributed by atoms with Gasteiger partial charge in [0.2, 0.25) is 5.82 Å². The highest BCUT2D eigenvalue weighted by Crippen LogP contribution is 2.50. The van der Waals surface area contributed by atoms with Gasteiger partial charge in [0.05, 0.1) is 0 Å². The molecular formula is C14H11F5O2. The maximum atomic E-state index is 13.5. The number of ether oxygens (including phenoxy) is 1. The SMILES string of the molecule is O=C(OC12CCC(CC1)C2)c1c(F)c(F)c(F)c(F)c1F. The summed E-state index contributed by atoms with van der Waals surface area (Å²) in [6, 6.07) is 0. The smallest absolute Gasteiger partial charge is 0.344 e. The Hall–Kier alpha value is -1.66. The van der Waals surface area contributed by atoms with Gasteiger partial charge in [-0.15, -0.1) is 0 Å². The number of benzene rings is 1. The Labute approximate surface area is 116 Å². The van der Waals surface area contributed by atoms with Crippen LogP contribution in [-0.2, 0) is 4.74 Å². The highest BCUT2D eigenvalue weighted by molar-refractivity contribution is 5.90. The number of carbonyl (C=O) groups excluding carboxylic acids is 1. The zero-order valence-corrected chi connectivity index (χ0v) is 10.8. The van der Waals surface area contributed by atoms with Gasteiger partial charge in [0, 0.05) is 0 Å². The Kier molecular flexibility index (Phi) is 3.18. The minimum atomic E-state index is -2.29. The predicted molar refractivity (Wildman–Crippen MR) is 61.0 cm³/mol. The van der Waals surface area contributed by atoms with E-state index in [1.807, 2.05) is 0 Å². The van der Waals surface area contributed by atoms with E-state index in [1.54, 1.807) is 0 Å². The van der Waals surface area contributed by atoms with Crippen molar-refractivity contribution < 1.29 is 31.5 Å². The molecule has 0 atom stereocenters. The molecule has 0 radical (unpaired) electrons. The van der Waals surface area contributed by atoms with Gasteiger partial charge < -0.3 is 4.74 Å². The topological polar surface area (TPSA) is 26.3 Å². The molecule has 0 saturated heterocycles. The first kappa shape index (κ1) is 14.3. The van der Waals surface area contributed by atoms with Crippen LogP contribution in [0.3, 0.4) is 0 Å². The number of hydrogen-bond acceptors (Lipinski definition) is 2. The Morgan fingerprint density at radius 2 is 1.38 bits per heavy atom. The lowest BCUT2D eigenvalue weighted by molar-refractivity contribution is -0.0143. The summed E-state index contributed by atoms with van der Waals surface area (Å²) in [7, 11) is 0. The van der Waals surface area contributed by atoms with Crippen molar-refractivity contribution >= 4 is 5.97 Å². The lowest BCUT2D eigenvalue weighted by Gasteiger charge is -2.26. The number of hydrogen-bond donors (Lipinski definition) is 0. The van der Waals surface area contributed by atoms with Crippen molar-refractivity contribution in [1.82, 2.24) is 0 Å². The summed E-state index contributed by atoms with van der Waals surface area (Å²) >= 11 is 0. The predicted octanol–water partition coefficient (Wildman–Crippen LogP) is 3.87. The van der Waals surface area contributed by atoms with E-state index in [4.69, 9.17) is 4.74 Å². The normalized spacial score (nSPS) is 27.2. The Balaban J connectivity index is 1.95. The van der Waals surface area contributed by atoms with E-state index in [1.165, 1.54) is 0 Å². The van der Waals surface area contributed by atoms with Crippen LogP contribution in [0.2, 0.25) is 0 Å². The van der Waals surface area contributed by atoms with E-state index in [0.717, 1.165) is 12.8 Å². The van der Waals surface area contributed by atoms with E-state index in [9.17, 15) is 26.7 Å². The average Bonchev–Trinajstić information content (AvgIpc) is 3.03. The van der Waals surface area contributed by atoms with Crippen LogP contribution in [0.15, 0.2) is 0 Å². The van der Waals surface area contributed by atoms with E-state index in [-0.39, 0.29) is 0 Å². The molecule has 21 heavy (non-hydrogen) atoms. The number of fused-ring (bicyclic) bond motifs is 2. The summed E-state index contributed by atoms with van der Waals surface area (Å²) in [5.41, 5.74) is -2.33. The fraction of sp³-hybridized carbons (Fsp3) is 0.500. The molecule has 1 aromatic rings. The fourth-order valence-electron chi connectivity index (χ4n) is 3.31. The molecule has 0 heterocycles. The molecule has 3 rings (SSSR count). The van der Waals surface area contributed by atoms with Crippen LogP contribution in [0.4, 0.5) is 22.0 Å². The minimum absolute atomic E-state index is 0.397. The number of halogens is 5. The largest absolute Gasteiger partial charge is 0.455 e. The van der Waals surface area contributed by atoms with Gasteiger partial charge in [-0.1, -0.05) is 0 Å². The van der Waals surface area contributed by atoms with Gasteiger partial charge in [-0.2, -0.15) is 0 Å². The van der Waals surface area contributed by atoms with Gasteiger partial charge in [0.25, 0.3) is 0 Å². The lowest BCUT2D eigenvalue weighted by atomic mass is 9.97. The second-order valence-electron chi connectivity index (χ2n) is 5.66. The average molecular weight is 306 g/mol. The Morgan fingerprint density at radius 1 is 0.905 bits per heavy atom. The van der Waals surface area contributed by atoms with E-state index >= 15 is 0 Å². The summed E-state index contributed by atoms with van der Waals surface area (Å²) in [5, 5.41) is 0. The first-order valence-corrected chi connectivity index (χ1v) is 6.59. The first-order chi connectivity index (χ1) is 9.84. The van der Waals surface area contributed by atoms with Crippen LogP contribution in [0.25, 0.3) is 0 Å². The molecule has 0 aliphatic heterocycles. The number of esters is 1. The van der Waals surface area contributed by atoms with Gasteiger partial charge in [-0.3, -0.25) is 0 Å². The van der Waals surface area contributed by atoms with E-state index in [2.05, 4.69) is 0 Å². The third kappa shape index (κ3) is 2.10. The third-order valence-corrected chi connectivity index (χ3v) is 4.40. The molecule has 2 bridgehead atoms. The molecule has 0 unspecified atom stereocenters. The van der Waals surface area contributed by atoms with Crippen molar-refractivity contribution in [2.75, 3.05) is 0 Å². The van der Waals surface area contributed by atoms with Crippen LogP contribution in [0.1, 0.15) is 42.5 Å². The molecule has 2 saturated carbocycles. The molecule has 0 N–H and O–H groups in total. The third-order valence-electron chi connectivity index (χ3n) is 4.40. The van der Waals surface area contributed by atoms with E-state index in [0.29, 0.717) is 25.2 Å². The molecule has 2 nitrogen and oxygen atoms in total. The maximum absolute atomic E-state index is 13.5. The number of carbonyl (C=O) groups is 1. The second kappa shape index (κ2) is 4.68. The Morgan fingerprint density at radius 3 is 1.81 bits per heavy atom. The summed E-state index contributed by atoms with van der Waals surface area (Å²) in [5.74, 6) is -12.0. The zero-order chi connectivity index (χ0) is 15.4. The molecular weight excluding hydrogens is 295 g/mol. The highest BCUT2D eigenvalue weighted by Gasteiger charge is 2.48. The molecule has 0 amide bonds. The van der Waals surface area contributed by atoms with Gasteiger partial charge in [0.1, 0.15) is 11.2 Å². The lowest BCUT2D eigenvalue weighted by Crippen LogP contribution is -2.31. The molecule has 2 fully saturated rings. The van der Waals surface area contributed by atoms with Crippen LogP contribution < -0.4 is 0 Å². The zero-order valence-electron chi connectivity index (χ0n) is 10.8. The molecule has 2 aliphatic carbocycles. The monoisotopic (exact) mass is 306 g/mol. The fourth-order valence-corrected chi connectivity index (χ4v) is 3.31. The van der Waals surface area contributed by atoms with Gasteiger partial charge in [-0.25, -0.2) is 26.7 Å². The summed E-state index contributed by atoms with van der Waals surface area (Å²) in [6.07, 6.45) is 3.36. The molecule has 1 aromatic carbocycles. The molecule has 0 aromatic heterocycles. The van der Waals surface area contributed by atoms with Crippen molar-refractivity contribution in [3.8, 4) is 0 Å². The van der Waals surface area contributed by atoms with Crippen LogP contribution in [-0.4, -0.2) is 11.6 Å². The molecule has 2 aliphatic rings. The maximum Gasteiger partial charge on any atom is 0.344 e. The van der Waals surface area contributed by atoms with Gasteiger partial charge in [-0.05, 0) is 38.0 Å².